The summed E-state index contributed by atoms with van der Waals surface area (Å²) in [5, 5.41) is 0. The van der Waals surface area contributed by atoms with E-state index in [-0.39, 0.29) is 11.8 Å². The highest BCUT2D eigenvalue weighted by Gasteiger charge is 2.41. The molecule has 2 aliphatic heterocycles. The fraction of sp³-hybridized carbons (Fsp3) is 0.800. The molecule has 1 aromatic rings. The van der Waals surface area contributed by atoms with Crippen molar-refractivity contribution in [1.29, 1.82) is 0 Å². The van der Waals surface area contributed by atoms with Crippen LogP contribution < -0.4 is 4.90 Å². The second kappa shape index (κ2) is 9.53. The molecule has 3 heterocycles. The summed E-state index contributed by atoms with van der Waals surface area (Å²) in [5.74, 6) is 1.81. The molecule has 0 aromatic carbocycles. The fourth-order valence-corrected chi connectivity index (χ4v) is 5.94. The Labute approximate surface area is 188 Å². The van der Waals surface area contributed by atoms with E-state index in [1.165, 1.54) is 18.4 Å². The minimum Gasteiger partial charge on any atom is -0.332 e. The van der Waals surface area contributed by atoms with Gasteiger partial charge in [0.05, 0.1) is 0 Å². The van der Waals surface area contributed by atoms with Crippen LogP contribution in [0.4, 0.5) is 5.95 Å². The highest BCUT2D eigenvalue weighted by atomic mass is 16.1. The van der Waals surface area contributed by atoms with Crippen molar-refractivity contribution in [3.8, 4) is 0 Å². The van der Waals surface area contributed by atoms with Gasteiger partial charge in [-0.05, 0) is 59.4 Å². The number of piperazine rings is 1. The third-order valence-corrected chi connectivity index (χ3v) is 7.89. The molecule has 0 radical (unpaired) electrons. The van der Waals surface area contributed by atoms with Crippen molar-refractivity contribution >= 4 is 11.7 Å². The van der Waals surface area contributed by atoms with Crippen molar-refractivity contribution in [3.05, 3.63) is 18.0 Å². The molecule has 0 spiro atoms. The van der Waals surface area contributed by atoms with Crippen LogP contribution >= 0.6 is 0 Å². The number of rotatable bonds is 7. The van der Waals surface area contributed by atoms with Crippen molar-refractivity contribution in [1.82, 2.24) is 19.8 Å². The molecular formula is C25H41N5O. The first-order valence-corrected chi connectivity index (χ1v) is 12.4. The van der Waals surface area contributed by atoms with Crippen molar-refractivity contribution in [2.45, 2.75) is 96.9 Å². The molecular weight excluding hydrogens is 386 g/mol. The quantitative estimate of drug-likeness (QED) is 0.661. The normalized spacial score (nSPS) is 29.4. The molecule has 0 amide bonds. The SMILES string of the molecule is CC(C)C(=O)[C@H]1CC[C@@H](N(C)Cc2cnc(N3C4CCC3CN(C(C)C)C4)nc2)CC1. The number of aromatic nitrogens is 2. The van der Waals surface area contributed by atoms with Gasteiger partial charge in [0.25, 0.3) is 0 Å². The van der Waals surface area contributed by atoms with Crippen molar-refractivity contribution in [2.75, 3.05) is 25.0 Å². The minimum atomic E-state index is 0.165. The molecule has 1 aliphatic carbocycles. The van der Waals surface area contributed by atoms with Crippen LogP contribution in [0.15, 0.2) is 12.4 Å². The Balaban J connectivity index is 1.31. The van der Waals surface area contributed by atoms with Crippen LogP contribution in [0.2, 0.25) is 0 Å². The summed E-state index contributed by atoms with van der Waals surface area (Å²) in [6.07, 6.45) is 10.9. The van der Waals surface area contributed by atoms with E-state index in [1.54, 1.807) is 0 Å². The van der Waals surface area contributed by atoms with Gasteiger partial charge in [-0.2, -0.15) is 0 Å². The van der Waals surface area contributed by atoms with Gasteiger partial charge in [0.1, 0.15) is 5.78 Å². The lowest BCUT2D eigenvalue weighted by Crippen LogP contribution is -2.56. The monoisotopic (exact) mass is 427 g/mol. The summed E-state index contributed by atoms with van der Waals surface area (Å²) in [5.41, 5.74) is 1.18. The van der Waals surface area contributed by atoms with Gasteiger partial charge in [-0.3, -0.25) is 14.6 Å². The van der Waals surface area contributed by atoms with E-state index in [0.29, 0.717) is 30.0 Å². The van der Waals surface area contributed by atoms with E-state index in [0.717, 1.165) is 51.3 Å². The maximum absolute atomic E-state index is 12.3. The summed E-state index contributed by atoms with van der Waals surface area (Å²) < 4.78 is 0. The number of nitrogens with zero attached hydrogens (tertiary/aromatic N) is 5. The van der Waals surface area contributed by atoms with Gasteiger partial charge in [-0.15, -0.1) is 0 Å². The Morgan fingerprint density at radius 1 is 1.00 bits per heavy atom. The van der Waals surface area contributed by atoms with Crippen LogP contribution in [-0.4, -0.2) is 69.9 Å². The number of hydrogen-bond acceptors (Lipinski definition) is 6. The smallest absolute Gasteiger partial charge is 0.225 e. The average Bonchev–Trinajstić information content (AvgIpc) is 3.02. The minimum absolute atomic E-state index is 0.165. The van der Waals surface area contributed by atoms with Crippen LogP contribution in [0.5, 0.6) is 0 Å². The number of carbonyl (C=O) groups excluding carboxylic acids is 1. The average molecular weight is 428 g/mol. The molecule has 4 rings (SSSR count). The molecule has 2 bridgehead atoms. The van der Waals surface area contributed by atoms with Gasteiger partial charge in [0, 0.05) is 73.6 Å². The Hall–Kier alpha value is -1.53. The first kappa shape index (κ1) is 22.7. The summed E-state index contributed by atoms with van der Waals surface area (Å²) >= 11 is 0. The lowest BCUT2D eigenvalue weighted by molar-refractivity contribution is -0.127. The lowest BCUT2D eigenvalue weighted by Gasteiger charge is -2.42. The van der Waals surface area contributed by atoms with E-state index >= 15 is 0 Å². The second-order valence-electron chi connectivity index (χ2n) is 10.7. The zero-order valence-corrected chi connectivity index (χ0v) is 20.1. The molecule has 2 saturated heterocycles. The highest BCUT2D eigenvalue weighted by Crippen LogP contribution is 2.34. The molecule has 2 atom stereocenters. The summed E-state index contributed by atoms with van der Waals surface area (Å²) in [6.45, 7) is 11.8. The first-order valence-electron chi connectivity index (χ1n) is 12.4. The van der Waals surface area contributed by atoms with Gasteiger partial charge >= 0.3 is 0 Å². The topological polar surface area (TPSA) is 52.6 Å². The second-order valence-corrected chi connectivity index (χ2v) is 10.7. The Bertz CT molecular complexity index is 727. The molecule has 2 unspecified atom stereocenters. The van der Waals surface area contributed by atoms with E-state index in [4.69, 9.17) is 9.97 Å². The number of ketones is 1. The zero-order chi connectivity index (χ0) is 22.1. The van der Waals surface area contributed by atoms with Gasteiger partial charge in [-0.1, -0.05) is 13.8 Å². The van der Waals surface area contributed by atoms with Crippen LogP contribution in [0.3, 0.4) is 0 Å². The highest BCUT2D eigenvalue weighted by molar-refractivity contribution is 5.82. The Morgan fingerprint density at radius 2 is 1.58 bits per heavy atom. The summed E-state index contributed by atoms with van der Waals surface area (Å²) in [7, 11) is 2.20. The van der Waals surface area contributed by atoms with E-state index in [9.17, 15) is 4.79 Å². The largest absolute Gasteiger partial charge is 0.332 e. The van der Waals surface area contributed by atoms with Crippen molar-refractivity contribution < 1.29 is 4.79 Å². The van der Waals surface area contributed by atoms with Crippen LogP contribution in [0, 0.1) is 11.8 Å². The van der Waals surface area contributed by atoms with Crippen molar-refractivity contribution in [3.63, 3.8) is 0 Å². The maximum atomic E-state index is 12.3. The maximum Gasteiger partial charge on any atom is 0.225 e. The predicted octanol–water partition coefficient (Wildman–Crippen LogP) is 3.75. The van der Waals surface area contributed by atoms with Crippen LogP contribution in [0.1, 0.15) is 71.8 Å². The molecule has 0 N–H and O–H groups in total. The van der Waals surface area contributed by atoms with Gasteiger partial charge in [0.15, 0.2) is 0 Å². The molecule has 6 nitrogen and oxygen atoms in total. The van der Waals surface area contributed by atoms with Crippen LogP contribution in [0.25, 0.3) is 0 Å². The van der Waals surface area contributed by atoms with Gasteiger partial charge in [0.2, 0.25) is 5.95 Å². The number of fused-ring (bicyclic) bond motifs is 2. The molecule has 3 fully saturated rings. The number of carbonyl (C=O) groups is 1. The predicted molar refractivity (Wildman–Crippen MR) is 125 cm³/mol. The molecule has 6 heteroatoms. The molecule has 1 aromatic heterocycles. The number of anilines is 1. The van der Waals surface area contributed by atoms with Gasteiger partial charge < -0.3 is 4.90 Å². The molecule has 172 valence electrons. The number of likely N-dealkylation sites (tertiary alicyclic amines) is 1. The Kier molecular flexibility index (Phi) is 6.97. The van der Waals surface area contributed by atoms with Crippen LogP contribution in [-0.2, 0) is 11.3 Å². The van der Waals surface area contributed by atoms with E-state index in [1.807, 2.05) is 26.2 Å². The zero-order valence-electron chi connectivity index (χ0n) is 20.1. The third kappa shape index (κ3) is 4.95. The Morgan fingerprint density at radius 3 is 2.10 bits per heavy atom. The summed E-state index contributed by atoms with van der Waals surface area (Å²) in [4.78, 5) is 29.4. The number of hydrogen-bond donors (Lipinski definition) is 0. The number of Topliss-reactive ketones (excluding diaryl/α,β-unsaturated/α-hetero) is 1. The standard InChI is InChI=1S/C25H41N5O/c1-17(2)24(31)20-6-8-21(9-7-20)28(5)14-19-12-26-25(27-13-19)30-22-10-11-23(30)16-29(15-22)18(3)4/h12-13,17-18,20-23H,6-11,14-16H2,1-5H3/t20-,21+,22?,23?. The van der Waals surface area contributed by atoms with E-state index < -0.39 is 0 Å². The van der Waals surface area contributed by atoms with Gasteiger partial charge in [-0.25, -0.2) is 9.97 Å². The molecule has 3 aliphatic rings. The fourth-order valence-electron chi connectivity index (χ4n) is 5.94. The first-order chi connectivity index (χ1) is 14.8. The summed E-state index contributed by atoms with van der Waals surface area (Å²) in [6, 6.07) is 2.27. The van der Waals surface area contributed by atoms with Crippen molar-refractivity contribution in [2.24, 2.45) is 11.8 Å². The molecule has 31 heavy (non-hydrogen) atoms. The molecule has 1 saturated carbocycles. The lowest BCUT2D eigenvalue weighted by atomic mass is 9.80. The van der Waals surface area contributed by atoms with E-state index in [2.05, 4.69) is 35.6 Å². The third-order valence-electron chi connectivity index (χ3n) is 7.89.